The third-order valence-corrected chi connectivity index (χ3v) is 7.10. The Morgan fingerprint density at radius 3 is 2.33 bits per heavy atom. The van der Waals surface area contributed by atoms with Gasteiger partial charge in [-0.05, 0) is 41.5 Å². The van der Waals surface area contributed by atoms with Gasteiger partial charge in [-0.1, -0.05) is 42.5 Å². The number of benzene rings is 3. The number of Topliss-reactive ketones (excluding diaryl/α,β-unsaturated/α-hetero) is 2. The number of nitrogens with zero attached hydrogens (tertiary/aromatic N) is 1. The highest BCUT2D eigenvalue weighted by molar-refractivity contribution is 7.89. The lowest BCUT2D eigenvalue weighted by molar-refractivity contribution is 0.0784. The highest BCUT2D eigenvalue weighted by atomic mass is 32.2. The minimum atomic E-state index is -3.95. The van der Waals surface area contributed by atoms with E-state index < -0.39 is 27.6 Å². The van der Waals surface area contributed by atoms with E-state index in [2.05, 4.69) is 0 Å². The predicted molar refractivity (Wildman–Crippen MR) is 112 cm³/mol. The molecule has 0 spiro atoms. The molecule has 1 unspecified atom stereocenters. The van der Waals surface area contributed by atoms with Crippen molar-refractivity contribution in [1.82, 2.24) is 4.31 Å². The molecule has 0 saturated heterocycles. The van der Waals surface area contributed by atoms with Crippen molar-refractivity contribution in [2.45, 2.75) is 10.9 Å². The van der Waals surface area contributed by atoms with E-state index in [-0.39, 0.29) is 16.0 Å². The molecular weight excluding hydrogens is 402 g/mol. The van der Waals surface area contributed by atoms with Gasteiger partial charge < -0.3 is 4.74 Å². The van der Waals surface area contributed by atoms with Crippen LogP contribution in [0.3, 0.4) is 0 Å². The molecule has 3 aromatic carbocycles. The van der Waals surface area contributed by atoms with Crippen LogP contribution >= 0.6 is 0 Å². The van der Waals surface area contributed by atoms with Crippen LogP contribution in [0, 0.1) is 0 Å². The molecule has 1 aliphatic heterocycles. The minimum Gasteiger partial charge on any atom is -0.497 e. The topological polar surface area (TPSA) is 80.8 Å². The number of fused-ring (bicyclic) bond motifs is 1. The van der Waals surface area contributed by atoms with E-state index in [4.69, 9.17) is 4.74 Å². The summed E-state index contributed by atoms with van der Waals surface area (Å²) in [5.41, 5.74) is 1.90. The highest BCUT2D eigenvalue weighted by Gasteiger charge is 2.45. The fraction of sp³-hybridized carbons (Fsp3) is 0.130. The lowest BCUT2D eigenvalue weighted by Gasteiger charge is -2.31. The number of rotatable bonds is 4. The number of carbonyl (C=O) groups is 2. The first-order valence-electron chi connectivity index (χ1n) is 9.24. The van der Waals surface area contributed by atoms with E-state index in [1.165, 1.54) is 19.2 Å². The second-order valence-corrected chi connectivity index (χ2v) is 8.93. The number of hydrogen-bond donors (Lipinski definition) is 0. The standard InChI is InChI=1S/C23H19NO5S/c1-24-21(23(26)19-11-3-4-12-20(19)30(24,27)28)22(25)17-9-5-7-15(13-17)16-8-6-10-18(14-16)29-2/h3-14,21H,1-2H3. The number of hydrogen-bond acceptors (Lipinski definition) is 5. The number of carbonyl (C=O) groups excluding carboxylic acids is 2. The van der Waals surface area contributed by atoms with Gasteiger partial charge >= 0.3 is 0 Å². The Bertz CT molecular complexity index is 1270. The van der Waals surface area contributed by atoms with Crippen molar-refractivity contribution in [2.75, 3.05) is 14.2 Å². The molecule has 0 bridgehead atoms. The number of sulfonamides is 1. The normalized spacial score (nSPS) is 17.9. The van der Waals surface area contributed by atoms with Crippen molar-refractivity contribution in [3.63, 3.8) is 0 Å². The van der Waals surface area contributed by atoms with Crippen molar-refractivity contribution in [2.24, 2.45) is 0 Å². The first-order valence-corrected chi connectivity index (χ1v) is 10.7. The van der Waals surface area contributed by atoms with Gasteiger partial charge in [0.25, 0.3) is 0 Å². The van der Waals surface area contributed by atoms with Crippen LogP contribution in [-0.4, -0.2) is 44.5 Å². The smallest absolute Gasteiger partial charge is 0.244 e. The van der Waals surface area contributed by atoms with Crippen LogP contribution in [0.1, 0.15) is 20.7 Å². The maximum Gasteiger partial charge on any atom is 0.244 e. The second-order valence-electron chi connectivity index (χ2n) is 6.96. The summed E-state index contributed by atoms with van der Waals surface area (Å²) in [5.74, 6) is -0.417. The van der Waals surface area contributed by atoms with E-state index in [1.54, 1.807) is 37.4 Å². The summed E-state index contributed by atoms with van der Waals surface area (Å²) in [5, 5.41) is 0. The van der Waals surface area contributed by atoms with Crippen molar-refractivity contribution in [3.05, 3.63) is 83.9 Å². The molecule has 0 saturated carbocycles. The monoisotopic (exact) mass is 421 g/mol. The largest absolute Gasteiger partial charge is 0.497 e. The van der Waals surface area contributed by atoms with E-state index in [0.717, 1.165) is 15.4 Å². The molecule has 7 heteroatoms. The Morgan fingerprint density at radius 1 is 0.933 bits per heavy atom. The van der Waals surface area contributed by atoms with E-state index in [1.807, 2.05) is 30.3 Å². The minimum absolute atomic E-state index is 0.0397. The number of ketones is 2. The van der Waals surface area contributed by atoms with Crippen LogP contribution < -0.4 is 4.74 Å². The van der Waals surface area contributed by atoms with E-state index >= 15 is 0 Å². The van der Waals surface area contributed by atoms with Crippen LogP contribution in [-0.2, 0) is 10.0 Å². The maximum atomic E-state index is 13.3. The molecule has 0 radical (unpaired) electrons. The predicted octanol–water partition coefficient (Wildman–Crippen LogP) is 3.43. The van der Waals surface area contributed by atoms with Crippen LogP contribution in [0.2, 0.25) is 0 Å². The molecule has 3 aromatic rings. The molecule has 0 fully saturated rings. The Morgan fingerprint density at radius 2 is 1.60 bits per heavy atom. The first-order chi connectivity index (χ1) is 14.3. The van der Waals surface area contributed by atoms with Gasteiger partial charge in [0, 0.05) is 18.2 Å². The summed E-state index contributed by atoms with van der Waals surface area (Å²) in [7, 11) is -1.12. The average molecular weight is 421 g/mol. The van der Waals surface area contributed by atoms with Crippen molar-refractivity contribution in [3.8, 4) is 16.9 Å². The fourth-order valence-corrected chi connectivity index (χ4v) is 5.07. The summed E-state index contributed by atoms with van der Waals surface area (Å²) >= 11 is 0. The Kier molecular flexibility index (Phi) is 5.01. The molecule has 1 heterocycles. The molecule has 6 nitrogen and oxygen atoms in total. The van der Waals surface area contributed by atoms with Crippen LogP contribution in [0.25, 0.3) is 11.1 Å². The molecule has 0 amide bonds. The van der Waals surface area contributed by atoms with E-state index in [9.17, 15) is 18.0 Å². The Balaban J connectivity index is 1.76. The summed E-state index contributed by atoms with van der Waals surface area (Å²) in [4.78, 5) is 26.2. The lowest BCUT2D eigenvalue weighted by Crippen LogP contribution is -2.51. The van der Waals surface area contributed by atoms with Gasteiger partial charge in [-0.2, -0.15) is 4.31 Å². The first kappa shape index (κ1) is 20.0. The Labute approximate surface area is 174 Å². The third-order valence-electron chi connectivity index (χ3n) is 5.22. The molecule has 0 aliphatic carbocycles. The molecule has 152 valence electrons. The third kappa shape index (κ3) is 3.22. The van der Waals surface area contributed by atoms with Gasteiger partial charge in [-0.25, -0.2) is 8.42 Å². The average Bonchev–Trinajstić information content (AvgIpc) is 2.78. The van der Waals surface area contributed by atoms with Gasteiger partial charge in [0.15, 0.2) is 17.6 Å². The van der Waals surface area contributed by atoms with Gasteiger partial charge in [-0.15, -0.1) is 0 Å². The number of likely N-dealkylation sites (N-methyl/N-ethyl adjacent to an activating group) is 1. The lowest BCUT2D eigenvalue weighted by atomic mass is 9.94. The number of methoxy groups -OCH3 is 1. The summed E-state index contributed by atoms with van der Waals surface area (Å²) < 4.78 is 31.8. The quantitative estimate of drug-likeness (QED) is 0.476. The highest BCUT2D eigenvalue weighted by Crippen LogP contribution is 2.31. The maximum absolute atomic E-state index is 13.3. The Hall–Kier alpha value is -3.29. The molecule has 0 N–H and O–H groups in total. The zero-order valence-corrected chi connectivity index (χ0v) is 17.2. The molecule has 1 aliphatic rings. The zero-order valence-electron chi connectivity index (χ0n) is 16.4. The molecule has 4 rings (SSSR count). The second kappa shape index (κ2) is 7.51. The molecule has 1 atom stereocenters. The summed E-state index contributed by atoms with van der Waals surface area (Å²) in [6, 6.07) is 18.7. The van der Waals surface area contributed by atoms with Gasteiger partial charge in [0.05, 0.1) is 12.0 Å². The fourth-order valence-electron chi connectivity index (χ4n) is 3.60. The SMILES string of the molecule is COc1cccc(-c2cccc(C(=O)C3C(=O)c4ccccc4S(=O)(=O)N3C)c2)c1. The van der Waals surface area contributed by atoms with Gasteiger partial charge in [0.1, 0.15) is 5.75 Å². The van der Waals surface area contributed by atoms with E-state index in [0.29, 0.717) is 5.75 Å². The zero-order chi connectivity index (χ0) is 21.5. The number of ether oxygens (including phenoxy) is 1. The van der Waals surface area contributed by atoms with Crippen molar-refractivity contribution >= 4 is 21.6 Å². The summed E-state index contributed by atoms with van der Waals surface area (Å²) in [6.07, 6.45) is 0. The van der Waals surface area contributed by atoms with Gasteiger partial charge in [-0.3, -0.25) is 9.59 Å². The van der Waals surface area contributed by atoms with Gasteiger partial charge in [0.2, 0.25) is 10.0 Å². The molecule has 0 aromatic heterocycles. The molecule has 30 heavy (non-hydrogen) atoms. The summed E-state index contributed by atoms with van der Waals surface area (Å²) in [6.45, 7) is 0. The van der Waals surface area contributed by atoms with Crippen molar-refractivity contribution < 1.29 is 22.7 Å². The van der Waals surface area contributed by atoms with Crippen LogP contribution in [0.15, 0.2) is 77.7 Å². The van der Waals surface area contributed by atoms with Crippen LogP contribution in [0.4, 0.5) is 0 Å². The van der Waals surface area contributed by atoms with Crippen molar-refractivity contribution in [1.29, 1.82) is 0 Å². The van der Waals surface area contributed by atoms with Crippen LogP contribution in [0.5, 0.6) is 5.75 Å². The molecular formula is C23H19NO5S.